The maximum Gasteiger partial charge on any atom is 0.416 e. The number of halogens is 3. The summed E-state index contributed by atoms with van der Waals surface area (Å²) in [5.41, 5.74) is -0.247. The summed E-state index contributed by atoms with van der Waals surface area (Å²) in [6.45, 7) is 1.14. The Morgan fingerprint density at radius 3 is 2.96 bits per heavy atom. The third-order valence-electron chi connectivity index (χ3n) is 4.06. The Morgan fingerprint density at radius 1 is 1.38 bits per heavy atom. The van der Waals surface area contributed by atoms with Crippen LogP contribution >= 0.6 is 0 Å². The van der Waals surface area contributed by atoms with Crippen molar-refractivity contribution in [1.82, 2.24) is 25.0 Å². The number of nitrogens with one attached hydrogen (secondary N) is 2. The van der Waals surface area contributed by atoms with Gasteiger partial charge in [-0.2, -0.15) is 13.2 Å². The van der Waals surface area contributed by atoms with Gasteiger partial charge in [-0.3, -0.25) is 10.1 Å². The molecule has 0 spiro atoms. The van der Waals surface area contributed by atoms with Crippen LogP contribution in [0.2, 0.25) is 0 Å². The number of H-pyrrole nitrogens is 1. The Kier molecular flexibility index (Phi) is 3.87. The van der Waals surface area contributed by atoms with E-state index in [1.807, 2.05) is 0 Å². The lowest BCUT2D eigenvalue weighted by Crippen LogP contribution is -2.13. The molecule has 0 unspecified atom stereocenters. The van der Waals surface area contributed by atoms with E-state index in [-0.39, 0.29) is 23.2 Å². The SMILES string of the molecule is O=C(Nc1nc2ccc(C(F)(F)F)cc2[nH]1)c1cn([C@H]2CCOC2)nn1. The first-order chi connectivity index (χ1) is 12.4. The van der Waals surface area contributed by atoms with Crippen molar-refractivity contribution in [3.8, 4) is 0 Å². The third-order valence-corrected chi connectivity index (χ3v) is 4.06. The van der Waals surface area contributed by atoms with Crippen LogP contribution in [0.25, 0.3) is 11.0 Å². The number of aromatic nitrogens is 5. The molecule has 1 aromatic carbocycles. The van der Waals surface area contributed by atoms with Gasteiger partial charge in [0, 0.05) is 6.61 Å². The Bertz CT molecular complexity index is 958. The lowest BCUT2D eigenvalue weighted by molar-refractivity contribution is -0.137. The van der Waals surface area contributed by atoms with Crippen molar-refractivity contribution in [3.63, 3.8) is 0 Å². The highest BCUT2D eigenvalue weighted by molar-refractivity contribution is 6.02. The number of amides is 1. The lowest BCUT2D eigenvalue weighted by atomic mass is 10.2. The molecule has 1 aliphatic heterocycles. The van der Waals surface area contributed by atoms with Gasteiger partial charge in [0.05, 0.1) is 35.4 Å². The summed E-state index contributed by atoms with van der Waals surface area (Å²) in [5, 5.41) is 10.2. The lowest BCUT2D eigenvalue weighted by Gasteiger charge is -2.05. The normalized spacial score (nSPS) is 17.7. The van der Waals surface area contributed by atoms with Crippen LogP contribution in [0.15, 0.2) is 24.4 Å². The van der Waals surface area contributed by atoms with Gasteiger partial charge in [-0.25, -0.2) is 9.67 Å². The Morgan fingerprint density at radius 2 is 2.23 bits per heavy atom. The number of carbonyl (C=O) groups excluding carboxylic acids is 1. The largest absolute Gasteiger partial charge is 0.416 e. The minimum absolute atomic E-state index is 0.0306. The number of anilines is 1. The fourth-order valence-electron chi connectivity index (χ4n) is 2.71. The van der Waals surface area contributed by atoms with Gasteiger partial charge >= 0.3 is 6.18 Å². The molecule has 1 amide bonds. The number of aromatic amines is 1. The maximum absolute atomic E-state index is 12.8. The molecule has 4 rings (SSSR count). The minimum atomic E-state index is -4.45. The third kappa shape index (κ3) is 3.12. The van der Waals surface area contributed by atoms with Gasteiger partial charge < -0.3 is 9.72 Å². The molecule has 3 heterocycles. The van der Waals surface area contributed by atoms with E-state index < -0.39 is 17.6 Å². The number of imidazole rings is 1. The zero-order valence-corrected chi connectivity index (χ0v) is 13.2. The monoisotopic (exact) mass is 366 g/mol. The van der Waals surface area contributed by atoms with Gasteiger partial charge in [0.25, 0.3) is 5.91 Å². The van der Waals surface area contributed by atoms with Crippen LogP contribution in [0.5, 0.6) is 0 Å². The molecule has 1 fully saturated rings. The van der Waals surface area contributed by atoms with E-state index in [0.717, 1.165) is 18.6 Å². The predicted octanol–water partition coefficient (Wildman–Crippen LogP) is 2.39. The highest BCUT2D eigenvalue weighted by Gasteiger charge is 2.30. The highest BCUT2D eigenvalue weighted by atomic mass is 19.4. The molecule has 1 aliphatic rings. The first-order valence-electron chi connectivity index (χ1n) is 7.78. The van der Waals surface area contributed by atoms with Crippen LogP contribution in [-0.2, 0) is 10.9 Å². The van der Waals surface area contributed by atoms with E-state index in [1.54, 1.807) is 4.68 Å². The Hall–Kier alpha value is -2.95. The van der Waals surface area contributed by atoms with Crippen molar-refractivity contribution in [3.05, 3.63) is 35.7 Å². The molecule has 0 bridgehead atoms. The van der Waals surface area contributed by atoms with Crippen molar-refractivity contribution in [1.29, 1.82) is 0 Å². The van der Waals surface area contributed by atoms with Gasteiger partial charge in [-0.1, -0.05) is 5.21 Å². The van der Waals surface area contributed by atoms with Crippen LogP contribution in [0.1, 0.15) is 28.5 Å². The van der Waals surface area contributed by atoms with Crippen molar-refractivity contribution < 1.29 is 22.7 Å². The quantitative estimate of drug-likeness (QED) is 0.742. The van der Waals surface area contributed by atoms with E-state index >= 15 is 0 Å². The second kappa shape index (κ2) is 6.09. The molecular formula is C15H13F3N6O2. The number of rotatable bonds is 3. The van der Waals surface area contributed by atoms with Crippen LogP contribution in [0.3, 0.4) is 0 Å². The Balaban J connectivity index is 1.52. The number of benzene rings is 1. The second-order valence-corrected chi connectivity index (χ2v) is 5.87. The fourth-order valence-corrected chi connectivity index (χ4v) is 2.71. The topological polar surface area (TPSA) is 97.7 Å². The number of alkyl halides is 3. The summed E-state index contributed by atoms with van der Waals surface area (Å²) in [6.07, 6.45) is -2.17. The van der Waals surface area contributed by atoms with Crippen LogP contribution in [0.4, 0.5) is 19.1 Å². The highest BCUT2D eigenvalue weighted by Crippen LogP contribution is 2.31. The summed E-state index contributed by atoms with van der Waals surface area (Å²) < 4.78 is 45.1. The maximum atomic E-state index is 12.8. The van der Waals surface area contributed by atoms with Gasteiger partial charge in [0.1, 0.15) is 0 Å². The molecule has 2 N–H and O–H groups in total. The molecular weight excluding hydrogens is 353 g/mol. The van der Waals surface area contributed by atoms with Crippen molar-refractivity contribution >= 4 is 22.9 Å². The number of nitrogens with zero attached hydrogens (tertiary/aromatic N) is 4. The summed E-state index contributed by atoms with van der Waals surface area (Å²) in [6, 6.07) is 3.15. The van der Waals surface area contributed by atoms with Gasteiger partial charge in [-0.05, 0) is 24.6 Å². The first-order valence-corrected chi connectivity index (χ1v) is 7.78. The zero-order valence-electron chi connectivity index (χ0n) is 13.2. The number of hydrogen-bond acceptors (Lipinski definition) is 5. The first kappa shape index (κ1) is 16.5. The molecule has 1 saturated heterocycles. The summed E-state index contributed by atoms with van der Waals surface area (Å²) in [5.74, 6) is -0.534. The minimum Gasteiger partial charge on any atom is -0.379 e. The van der Waals surface area contributed by atoms with Crippen LogP contribution in [-0.4, -0.2) is 44.1 Å². The van der Waals surface area contributed by atoms with E-state index in [0.29, 0.717) is 18.7 Å². The summed E-state index contributed by atoms with van der Waals surface area (Å²) >= 11 is 0. The number of ether oxygens (including phenoxy) is 1. The molecule has 0 radical (unpaired) electrons. The summed E-state index contributed by atoms with van der Waals surface area (Å²) in [4.78, 5) is 19.0. The van der Waals surface area contributed by atoms with Crippen LogP contribution < -0.4 is 5.32 Å². The molecule has 2 aromatic heterocycles. The van der Waals surface area contributed by atoms with Crippen molar-refractivity contribution in [2.45, 2.75) is 18.6 Å². The summed E-state index contributed by atoms with van der Waals surface area (Å²) in [7, 11) is 0. The average molecular weight is 366 g/mol. The van der Waals surface area contributed by atoms with E-state index in [2.05, 4.69) is 25.6 Å². The molecule has 0 saturated carbocycles. The molecule has 8 nitrogen and oxygen atoms in total. The standard InChI is InChI=1S/C15H13F3N6O2/c16-15(17,18)8-1-2-10-11(5-8)20-14(19-10)21-13(25)12-6-24(23-22-12)9-3-4-26-7-9/h1-2,5-6,9H,3-4,7H2,(H2,19,20,21,25)/t9-/m0/s1. The number of hydrogen-bond donors (Lipinski definition) is 2. The smallest absolute Gasteiger partial charge is 0.379 e. The van der Waals surface area contributed by atoms with E-state index in [1.165, 1.54) is 12.3 Å². The second-order valence-electron chi connectivity index (χ2n) is 5.87. The van der Waals surface area contributed by atoms with E-state index in [4.69, 9.17) is 4.74 Å². The molecule has 1 atom stereocenters. The van der Waals surface area contributed by atoms with Crippen molar-refractivity contribution in [2.24, 2.45) is 0 Å². The van der Waals surface area contributed by atoms with E-state index in [9.17, 15) is 18.0 Å². The molecule has 0 aliphatic carbocycles. The average Bonchev–Trinajstić information content (AvgIpc) is 3.32. The molecule has 26 heavy (non-hydrogen) atoms. The molecule has 11 heteroatoms. The number of carbonyl (C=O) groups is 1. The van der Waals surface area contributed by atoms with Gasteiger partial charge in [0.15, 0.2) is 5.69 Å². The molecule has 3 aromatic rings. The van der Waals surface area contributed by atoms with Gasteiger partial charge in [0.2, 0.25) is 5.95 Å². The zero-order chi connectivity index (χ0) is 18.3. The Labute approximate surface area is 144 Å². The predicted molar refractivity (Wildman–Crippen MR) is 83.5 cm³/mol. The molecule has 136 valence electrons. The fraction of sp³-hybridized carbons (Fsp3) is 0.333. The van der Waals surface area contributed by atoms with Crippen LogP contribution in [0, 0.1) is 0 Å². The van der Waals surface area contributed by atoms with Gasteiger partial charge in [-0.15, -0.1) is 5.10 Å². The van der Waals surface area contributed by atoms with Crippen molar-refractivity contribution in [2.75, 3.05) is 18.5 Å². The number of fused-ring (bicyclic) bond motifs is 1.